The van der Waals surface area contributed by atoms with Gasteiger partial charge < -0.3 is 33.8 Å². The number of benzene rings is 1. The largest absolute Gasteiger partial charge is 0.463 e. The van der Waals surface area contributed by atoms with Crippen molar-refractivity contribution < 1.29 is 48.0 Å². The summed E-state index contributed by atoms with van der Waals surface area (Å²) in [6.07, 6.45) is -6.14. The summed E-state index contributed by atoms with van der Waals surface area (Å²) in [6, 6.07) is 7.22. The van der Waals surface area contributed by atoms with E-state index in [9.17, 15) is 24.3 Å². The number of H-pyrrole nitrogens is 1. The Morgan fingerprint density at radius 3 is 2.12 bits per heavy atom. The van der Waals surface area contributed by atoms with Gasteiger partial charge in [-0.1, -0.05) is 18.2 Å². The van der Waals surface area contributed by atoms with Gasteiger partial charge in [0.05, 0.1) is 0 Å². The number of para-hydroxylation sites is 1. The number of aliphatic hydroxyl groups is 1. The lowest BCUT2D eigenvalue weighted by atomic mass is 9.89. The Bertz CT molecular complexity index is 1060. The minimum atomic E-state index is -1.36. The van der Waals surface area contributed by atoms with Crippen molar-refractivity contribution in [2.45, 2.75) is 64.3 Å². The van der Waals surface area contributed by atoms with Crippen LogP contribution in [-0.4, -0.2) is 71.1 Å². The topological polar surface area (TPSA) is 150 Å². The third-order valence-electron chi connectivity index (χ3n) is 5.28. The molecule has 11 nitrogen and oxygen atoms in total. The maximum absolute atomic E-state index is 12.0. The third-order valence-corrected chi connectivity index (χ3v) is 5.28. The van der Waals surface area contributed by atoms with E-state index < -0.39 is 60.5 Å². The van der Waals surface area contributed by atoms with E-state index >= 15 is 0 Å². The van der Waals surface area contributed by atoms with Crippen molar-refractivity contribution in [1.29, 1.82) is 0 Å². The second kappa shape index (κ2) is 10.7. The first-order valence-electron chi connectivity index (χ1n) is 10.6. The number of rotatable bonds is 7. The molecule has 0 amide bonds. The molecule has 0 aliphatic carbocycles. The highest BCUT2D eigenvalue weighted by molar-refractivity contribution is 5.83. The predicted octanol–water partition coefficient (Wildman–Crippen LogP) is 1.33. The van der Waals surface area contributed by atoms with E-state index in [0.29, 0.717) is 10.9 Å². The Kier molecular flexibility index (Phi) is 7.90. The molecule has 11 heteroatoms. The molecule has 3 rings (SSSR count). The van der Waals surface area contributed by atoms with Crippen molar-refractivity contribution in [3.05, 3.63) is 36.0 Å². The van der Waals surface area contributed by atoms with Crippen LogP contribution in [0.5, 0.6) is 0 Å². The molecule has 1 aliphatic rings. The lowest BCUT2D eigenvalue weighted by molar-refractivity contribution is -0.266. The van der Waals surface area contributed by atoms with Gasteiger partial charge in [0.25, 0.3) is 0 Å². The lowest BCUT2D eigenvalue weighted by Crippen LogP contribution is -2.63. The Labute approximate surface area is 195 Å². The van der Waals surface area contributed by atoms with E-state index in [-0.39, 0.29) is 6.61 Å². The second-order valence-electron chi connectivity index (χ2n) is 7.90. The first-order valence-corrected chi connectivity index (χ1v) is 10.6. The molecule has 0 radical (unpaired) electrons. The first-order chi connectivity index (χ1) is 16.1. The summed E-state index contributed by atoms with van der Waals surface area (Å²) in [5.74, 6) is -2.82. The molecule has 1 saturated heterocycles. The van der Waals surface area contributed by atoms with Crippen LogP contribution in [0.3, 0.4) is 0 Å². The van der Waals surface area contributed by atoms with Gasteiger partial charge in [0.15, 0.2) is 18.3 Å². The highest BCUT2D eigenvalue weighted by Crippen LogP contribution is 2.37. The number of hydrogen-bond donors (Lipinski definition) is 2. The van der Waals surface area contributed by atoms with E-state index in [1.54, 1.807) is 18.3 Å². The number of aliphatic hydroxyl groups excluding tert-OH is 1. The SMILES string of the molecule is CC(=O)OC[C@H]1O[C@@H](C(O)c2c[nH]c3ccccc23)[C@H](OC(C)=O)[C@@H](OC(C)=O)[C@@H]1OC(C)=O. The van der Waals surface area contributed by atoms with Gasteiger partial charge in [0.2, 0.25) is 0 Å². The van der Waals surface area contributed by atoms with Gasteiger partial charge >= 0.3 is 23.9 Å². The number of carbonyl (C=O) groups is 4. The number of aromatic amines is 1. The molecular formula is C23H27NO10. The number of aromatic nitrogens is 1. The zero-order chi connectivity index (χ0) is 25.0. The summed E-state index contributed by atoms with van der Waals surface area (Å²) in [7, 11) is 0. The molecule has 6 atom stereocenters. The minimum absolute atomic E-state index is 0.366. The molecule has 2 aromatic rings. The smallest absolute Gasteiger partial charge is 0.303 e. The van der Waals surface area contributed by atoms with Crippen molar-refractivity contribution in [2.24, 2.45) is 0 Å². The van der Waals surface area contributed by atoms with Gasteiger partial charge in [0, 0.05) is 50.4 Å². The summed E-state index contributed by atoms with van der Waals surface area (Å²) in [5.41, 5.74) is 1.19. The van der Waals surface area contributed by atoms with E-state index in [2.05, 4.69) is 4.98 Å². The summed E-state index contributed by atoms with van der Waals surface area (Å²) in [5, 5.41) is 12.0. The zero-order valence-corrected chi connectivity index (χ0v) is 19.2. The van der Waals surface area contributed by atoms with Crippen LogP contribution in [0.1, 0.15) is 39.4 Å². The number of hydrogen-bond acceptors (Lipinski definition) is 10. The number of nitrogens with one attached hydrogen (secondary N) is 1. The summed E-state index contributed by atoms with van der Waals surface area (Å²) in [4.78, 5) is 50.2. The van der Waals surface area contributed by atoms with Crippen LogP contribution in [-0.2, 0) is 42.9 Å². The van der Waals surface area contributed by atoms with E-state index in [1.165, 1.54) is 6.92 Å². The predicted molar refractivity (Wildman–Crippen MR) is 115 cm³/mol. The fraction of sp³-hybridized carbons (Fsp3) is 0.478. The van der Waals surface area contributed by atoms with Crippen LogP contribution in [0.15, 0.2) is 30.5 Å². The quantitative estimate of drug-likeness (QED) is 0.441. The average molecular weight is 477 g/mol. The molecule has 1 fully saturated rings. The fourth-order valence-electron chi connectivity index (χ4n) is 4.03. The van der Waals surface area contributed by atoms with Crippen LogP contribution in [0.25, 0.3) is 10.9 Å². The highest BCUT2D eigenvalue weighted by Gasteiger charge is 2.54. The van der Waals surface area contributed by atoms with E-state index in [1.807, 2.05) is 12.1 Å². The fourth-order valence-corrected chi connectivity index (χ4v) is 4.03. The maximum atomic E-state index is 12.0. The lowest BCUT2D eigenvalue weighted by Gasteiger charge is -2.45. The third kappa shape index (κ3) is 5.72. The molecule has 0 spiro atoms. The molecule has 1 aromatic carbocycles. The summed E-state index contributed by atoms with van der Waals surface area (Å²) in [6.45, 7) is 4.24. The van der Waals surface area contributed by atoms with Gasteiger partial charge in [-0.25, -0.2) is 0 Å². The Hall–Kier alpha value is -3.44. The standard InChI is InChI=1S/C23H27NO10/c1-11(25)30-10-18-20(31-12(2)26)22(32-13(3)27)23(33-14(4)28)21(34-18)19(29)16-9-24-17-8-6-5-7-15(16)17/h5-9,18-24,29H,10H2,1-4H3/t18-,19?,20-,21+,22+,23+/m1/s1. The number of carbonyl (C=O) groups excluding carboxylic acids is 4. The normalized spacial score (nSPS) is 25.3. The van der Waals surface area contributed by atoms with Gasteiger partial charge in [-0.05, 0) is 6.07 Å². The van der Waals surface area contributed by atoms with Crippen molar-refractivity contribution >= 4 is 34.8 Å². The van der Waals surface area contributed by atoms with Gasteiger partial charge in [-0.15, -0.1) is 0 Å². The molecule has 0 bridgehead atoms. The maximum Gasteiger partial charge on any atom is 0.303 e. The molecule has 0 saturated carbocycles. The molecule has 184 valence electrons. The Morgan fingerprint density at radius 2 is 1.50 bits per heavy atom. The average Bonchev–Trinajstić information content (AvgIpc) is 3.18. The van der Waals surface area contributed by atoms with Crippen molar-refractivity contribution in [1.82, 2.24) is 4.98 Å². The molecule has 2 heterocycles. The second-order valence-corrected chi connectivity index (χ2v) is 7.90. The molecule has 1 unspecified atom stereocenters. The van der Waals surface area contributed by atoms with Crippen LogP contribution in [0.4, 0.5) is 0 Å². The van der Waals surface area contributed by atoms with E-state index in [4.69, 9.17) is 23.7 Å². The van der Waals surface area contributed by atoms with Crippen LogP contribution in [0.2, 0.25) is 0 Å². The first kappa shape index (κ1) is 25.2. The van der Waals surface area contributed by atoms with Crippen molar-refractivity contribution in [3.63, 3.8) is 0 Å². The van der Waals surface area contributed by atoms with Gasteiger partial charge in [-0.2, -0.15) is 0 Å². The van der Waals surface area contributed by atoms with Crippen LogP contribution < -0.4 is 0 Å². The van der Waals surface area contributed by atoms with Gasteiger partial charge in [-0.3, -0.25) is 19.2 Å². The zero-order valence-electron chi connectivity index (χ0n) is 19.2. The summed E-state index contributed by atoms with van der Waals surface area (Å²) < 4.78 is 27.3. The van der Waals surface area contributed by atoms with Crippen molar-refractivity contribution in [2.75, 3.05) is 6.61 Å². The Balaban J connectivity index is 2.06. The Morgan fingerprint density at radius 1 is 0.912 bits per heavy atom. The molecule has 2 N–H and O–H groups in total. The molecule has 1 aromatic heterocycles. The monoisotopic (exact) mass is 477 g/mol. The van der Waals surface area contributed by atoms with Crippen molar-refractivity contribution in [3.8, 4) is 0 Å². The molecule has 1 aliphatic heterocycles. The van der Waals surface area contributed by atoms with Gasteiger partial charge in [0.1, 0.15) is 24.9 Å². The number of fused-ring (bicyclic) bond motifs is 1. The van der Waals surface area contributed by atoms with Crippen LogP contribution >= 0.6 is 0 Å². The molecular weight excluding hydrogens is 450 g/mol. The summed E-state index contributed by atoms with van der Waals surface area (Å²) >= 11 is 0. The van der Waals surface area contributed by atoms with E-state index in [0.717, 1.165) is 26.3 Å². The number of ether oxygens (including phenoxy) is 5. The number of esters is 4. The molecule has 34 heavy (non-hydrogen) atoms. The minimum Gasteiger partial charge on any atom is -0.463 e. The highest BCUT2D eigenvalue weighted by atomic mass is 16.7. The van der Waals surface area contributed by atoms with Crippen LogP contribution in [0, 0.1) is 0 Å².